The molecule has 0 radical (unpaired) electrons. The van der Waals surface area contributed by atoms with Crippen LogP contribution in [0.2, 0.25) is 0 Å². The summed E-state index contributed by atoms with van der Waals surface area (Å²) in [7, 11) is 2.15. The minimum atomic E-state index is 0.760. The average molecular weight is 270 g/mol. The lowest BCUT2D eigenvalue weighted by molar-refractivity contribution is 0.150. The van der Waals surface area contributed by atoms with E-state index in [1.807, 2.05) is 0 Å². The predicted octanol–water partition coefficient (Wildman–Crippen LogP) is 2.84. The lowest BCUT2D eigenvalue weighted by Crippen LogP contribution is -2.47. The first-order chi connectivity index (χ1) is 8.72. The smallest absolute Gasteiger partial charge is 0.0172 e. The molecule has 1 aliphatic carbocycles. The summed E-state index contributed by atoms with van der Waals surface area (Å²) in [5.74, 6) is 3.14. The topological polar surface area (TPSA) is 15.3 Å². The van der Waals surface area contributed by atoms with Crippen molar-refractivity contribution in [3.63, 3.8) is 0 Å². The van der Waals surface area contributed by atoms with E-state index in [2.05, 4.69) is 42.9 Å². The van der Waals surface area contributed by atoms with Gasteiger partial charge in [0.05, 0.1) is 0 Å². The minimum absolute atomic E-state index is 0.760. The molecule has 1 N–H and O–H groups in total. The predicted molar refractivity (Wildman–Crippen MR) is 82.3 cm³/mol. The number of nitrogens with zero attached hydrogens (tertiary/aromatic N) is 1. The maximum absolute atomic E-state index is 3.56. The standard InChI is InChI=1S/C15H30N2S/c1-4-14-11-17(7-8-18-14)10-13-9-12(2)5-6-15(13)16-3/h12-16H,4-11H2,1-3H3. The van der Waals surface area contributed by atoms with Gasteiger partial charge in [-0.2, -0.15) is 11.8 Å². The molecule has 18 heavy (non-hydrogen) atoms. The Hall–Kier alpha value is 0.270. The molecule has 2 aliphatic rings. The second-order valence-electron chi connectivity index (χ2n) is 6.23. The Morgan fingerprint density at radius 3 is 2.89 bits per heavy atom. The molecule has 106 valence electrons. The van der Waals surface area contributed by atoms with E-state index in [-0.39, 0.29) is 0 Å². The molecule has 1 saturated heterocycles. The lowest BCUT2D eigenvalue weighted by Gasteiger charge is -2.40. The van der Waals surface area contributed by atoms with Crippen molar-refractivity contribution in [2.75, 3.05) is 32.4 Å². The van der Waals surface area contributed by atoms with Gasteiger partial charge in [-0.25, -0.2) is 0 Å². The molecule has 0 amide bonds. The summed E-state index contributed by atoms with van der Waals surface area (Å²) in [5, 5.41) is 4.44. The Morgan fingerprint density at radius 2 is 2.17 bits per heavy atom. The maximum Gasteiger partial charge on any atom is 0.0172 e. The Balaban J connectivity index is 1.85. The van der Waals surface area contributed by atoms with Crippen LogP contribution < -0.4 is 5.32 Å². The van der Waals surface area contributed by atoms with Gasteiger partial charge in [0, 0.05) is 36.7 Å². The highest BCUT2D eigenvalue weighted by atomic mass is 32.2. The summed E-state index contributed by atoms with van der Waals surface area (Å²) in [6.45, 7) is 8.72. The molecule has 0 aromatic carbocycles. The van der Waals surface area contributed by atoms with Crippen LogP contribution in [-0.2, 0) is 0 Å². The van der Waals surface area contributed by atoms with Crippen LogP contribution in [0.15, 0.2) is 0 Å². The maximum atomic E-state index is 3.56. The van der Waals surface area contributed by atoms with Crippen LogP contribution in [0.5, 0.6) is 0 Å². The highest BCUT2D eigenvalue weighted by molar-refractivity contribution is 8.00. The number of hydrogen-bond acceptors (Lipinski definition) is 3. The molecule has 2 nitrogen and oxygen atoms in total. The molecule has 0 bridgehead atoms. The van der Waals surface area contributed by atoms with Crippen molar-refractivity contribution in [1.82, 2.24) is 10.2 Å². The fourth-order valence-corrected chi connectivity index (χ4v) is 4.85. The fourth-order valence-electron chi connectivity index (χ4n) is 3.61. The molecule has 4 atom stereocenters. The normalized spacial score (nSPS) is 38.8. The molecule has 0 aromatic rings. The van der Waals surface area contributed by atoms with Crippen molar-refractivity contribution in [1.29, 1.82) is 0 Å². The van der Waals surface area contributed by atoms with Gasteiger partial charge in [-0.15, -0.1) is 0 Å². The van der Waals surface area contributed by atoms with Gasteiger partial charge in [0.25, 0.3) is 0 Å². The zero-order valence-electron chi connectivity index (χ0n) is 12.3. The molecule has 0 spiro atoms. The third kappa shape index (κ3) is 3.88. The zero-order chi connectivity index (χ0) is 13.0. The summed E-state index contributed by atoms with van der Waals surface area (Å²) < 4.78 is 0. The van der Waals surface area contributed by atoms with E-state index in [0.29, 0.717) is 0 Å². The zero-order valence-corrected chi connectivity index (χ0v) is 13.1. The van der Waals surface area contributed by atoms with Crippen molar-refractivity contribution < 1.29 is 0 Å². The van der Waals surface area contributed by atoms with Crippen molar-refractivity contribution in [2.45, 2.75) is 50.8 Å². The third-order valence-electron chi connectivity index (χ3n) is 4.79. The van der Waals surface area contributed by atoms with Gasteiger partial charge in [-0.05, 0) is 44.6 Å². The Bertz CT molecular complexity index is 247. The van der Waals surface area contributed by atoms with Crippen molar-refractivity contribution in [3.8, 4) is 0 Å². The molecule has 0 aromatic heterocycles. The monoisotopic (exact) mass is 270 g/mol. The fraction of sp³-hybridized carbons (Fsp3) is 1.00. The van der Waals surface area contributed by atoms with E-state index in [1.165, 1.54) is 51.1 Å². The summed E-state index contributed by atoms with van der Waals surface area (Å²) in [5.41, 5.74) is 0. The lowest BCUT2D eigenvalue weighted by atomic mass is 9.78. The van der Waals surface area contributed by atoms with E-state index in [9.17, 15) is 0 Å². The van der Waals surface area contributed by atoms with Crippen LogP contribution >= 0.6 is 11.8 Å². The van der Waals surface area contributed by atoms with E-state index < -0.39 is 0 Å². The Kier molecular flexibility index (Phi) is 5.84. The molecule has 4 unspecified atom stereocenters. The van der Waals surface area contributed by atoms with E-state index in [1.54, 1.807) is 0 Å². The van der Waals surface area contributed by atoms with Gasteiger partial charge < -0.3 is 10.2 Å². The van der Waals surface area contributed by atoms with Gasteiger partial charge in [-0.1, -0.05) is 13.8 Å². The van der Waals surface area contributed by atoms with E-state index in [4.69, 9.17) is 0 Å². The molecular weight excluding hydrogens is 240 g/mol. The van der Waals surface area contributed by atoms with Crippen LogP contribution in [0.25, 0.3) is 0 Å². The first kappa shape index (κ1) is 14.7. The summed E-state index contributed by atoms with van der Waals surface area (Å²) in [4.78, 5) is 2.73. The largest absolute Gasteiger partial charge is 0.317 e. The van der Waals surface area contributed by atoms with Gasteiger partial charge >= 0.3 is 0 Å². The number of thioether (sulfide) groups is 1. The molecule has 2 fully saturated rings. The Morgan fingerprint density at radius 1 is 1.33 bits per heavy atom. The third-order valence-corrected chi connectivity index (χ3v) is 6.16. The van der Waals surface area contributed by atoms with Crippen LogP contribution in [0.3, 0.4) is 0 Å². The second-order valence-corrected chi connectivity index (χ2v) is 7.64. The first-order valence-corrected chi connectivity index (χ1v) is 8.79. The number of nitrogens with one attached hydrogen (secondary N) is 1. The van der Waals surface area contributed by atoms with Gasteiger partial charge in [0.2, 0.25) is 0 Å². The molecular formula is C15H30N2S. The van der Waals surface area contributed by atoms with Gasteiger partial charge in [0.1, 0.15) is 0 Å². The SMILES string of the molecule is CCC1CN(CC2CC(C)CCC2NC)CCS1. The summed E-state index contributed by atoms with van der Waals surface area (Å²) in [6.07, 6.45) is 5.54. The first-order valence-electron chi connectivity index (χ1n) is 7.74. The van der Waals surface area contributed by atoms with E-state index in [0.717, 1.165) is 23.1 Å². The highest BCUT2D eigenvalue weighted by Gasteiger charge is 2.30. The quantitative estimate of drug-likeness (QED) is 0.846. The minimum Gasteiger partial charge on any atom is -0.317 e. The molecule has 1 saturated carbocycles. The molecule has 3 heteroatoms. The average Bonchev–Trinajstić information content (AvgIpc) is 2.39. The van der Waals surface area contributed by atoms with Crippen molar-refractivity contribution in [2.24, 2.45) is 11.8 Å². The second kappa shape index (κ2) is 7.16. The van der Waals surface area contributed by atoms with Crippen molar-refractivity contribution >= 4 is 11.8 Å². The molecule has 1 heterocycles. The number of hydrogen-bond donors (Lipinski definition) is 1. The van der Waals surface area contributed by atoms with E-state index >= 15 is 0 Å². The Labute approximate surface area is 117 Å². The molecule has 1 aliphatic heterocycles. The summed E-state index contributed by atoms with van der Waals surface area (Å²) >= 11 is 2.18. The van der Waals surface area contributed by atoms with Crippen LogP contribution in [-0.4, -0.2) is 48.6 Å². The van der Waals surface area contributed by atoms with Crippen LogP contribution in [0.4, 0.5) is 0 Å². The van der Waals surface area contributed by atoms with Gasteiger partial charge in [0.15, 0.2) is 0 Å². The number of rotatable bonds is 4. The molecule has 2 rings (SSSR count). The highest BCUT2D eigenvalue weighted by Crippen LogP contribution is 2.31. The van der Waals surface area contributed by atoms with Crippen molar-refractivity contribution in [3.05, 3.63) is 0 Å². The van der Waals surface area contributed by atoms with Crippen LogP contribution in [0.1, 0.15) is 39.5 Å². The summed E-state index contributed by atoms with van der Waals surface area (Å²) in [6, 6.07) is 0.760. The van der Waals surface area contributed by atoms with Crippen LogP contribution in [0, 0.1) is 11.8 Å². The van der Waals surface area contributed by atoms with Gasteiger partial charge in [-0.3, -0.25) is 0 Å².